The van der Waals surface area contributed by atoms with Crippen LogP contribution >= 0.6 is 0 Å². The van der Waals surface area contributed by atoms with Gasteiger partial charge in [0.05, 0.1) is 31.6 Å². The summed E-state index contributed by atoms with van der Waals surface area (Å²) in [5.41, 5.74) is 3.92. The van der Waals surface area contributed by atoms with Crippen molar-refractivity contribution in [2.75, 3.05) is 38.3 Å². The molecule has 2 aromatic carbocycles. The van der Waals surface area contributed by atoms with Crippen LogP contribution in [0, 0.1) is 13.8 Å². The van der Waals surface area contributed by atoms with Crippen molar-refractivity contribution in [3.63, 3.8) is 0 Å². The first kappa shape index (κ1) is 19.2. The first-order valence-corrected chi connectivity index (χ1v) is 9.69. The van der Waals surface area contributed by atoms with Gasteiger partial charge in [-0.3, -0.25) is 9.59 Å². The van der Waals surface area contributed by atoms with E-state index in [9.17, 15) is 9.59 Å². The molecular formula is C23H24N2O4. The van der Waals surface area contributed by atoms with Crippen molar-refractivity contribution in [2.45, 2.75) is 13.8 Å². The Morgan fingerprint density at radius 2 is 1.69 bits per heavy atom. The summed E-state index contributed by atoms with van der Waals surface area (Å²) in [5, 5.41) is 0. The third-order valence-corrected chi connectivity index (χ3v) is 5.37. The van der Waals surface area contributed by atoms with Crippen molar-refractivity contribution >= 4 is 23.1 Å². The number of imide groups is 1. The van der Waals surface area contributed by atoms with Crippen LogP contribution in [0.1, 0.15) is 16.7 Å². The Morgan fingerprint density at radius 1 is 0.966 bits per heavy atom. The van der Waals surface area contributed by atoms with Crippen molar-refractivity contribution in [3.05, 3.63) is 64.9 Å². The second kappa shape index (κ2) is 7.72. The Labute approximate surface area is 170 Å². The molecular weight excluding hydrogens is 368 g/mol. The first-order valence-electron chi connectivity index (χ1n) is 9.69. The highest BCUT2D eigenvalue weighted by molar-refractivity contribution is 6.45. The molecule has 1 fully saturated rings. The zero-order chi connectivity index (χ0) is 20.5. The predicted molar refractivity (Wildman–Crippen MR) is 111 cm³/mol. The number of para-hydroxylation sites is 1. The van der Waals surface area contributed by atoms with Crippen molar-refractivity contribution in [2.24, 2.45) is 0 Å². The van der Waals surface area contributed by atoms with Crippen LogP contribution in [0.2, 0.25) is 0 Å². The maximum absolute atomic E-state index is 13.6. The van der Waals surface area contributed by atoms with E-state index >= 15 is 0 Å². The van der Waals surface area contributed by atoms with Crippen LogP contribution < -0.4 is 9.64 Å². The highest BCUT2D eigenvalue weighted by Crippen LogP contribution is 2.39. The van der Waals surface area contributed by atoms with Crippen molar-refractivity contribution in [1.29, 1.82) is 0 Å². The molecule has 4 rings (SSSR count). The van der Waals surface area contributed by atoms with Crippen LogP contribution in [0.25, 0.3) is 5.57 Å². The second-order valence-corrected chi connectivity index (χ2v) is 7.26. The summed E-state index contributed by atoms with van der Waals surface area (Å²) in [6, 6.07) is 13.1. The third-order valence-electron chi connectivity index (χ3n) is 5.37. The van der Waals surface area contributed by atoms with Crippen molar-refractivity contribution in [1.82, 2.24) is 4.90 Å². The van der Waals surface area contributed by atoms with Crippen LogP contribution in [0.3, 0.4) is 0 Å². The molecule has 2 heterocycles. The summed E-state index contributed by atoms with van der Waals surface area (Å²) in [7, 11) is 1.57. The maximum atomic E-state index is 13.6. The van der Waals surface area contributed by atoms with E-state index in [0.717, 1.165) is 11.1 Å². The van der Waals surface area contributed by atoms with E-state index in [2.05, 4.69) is 0 Å². The van der Waals surface area contributed by atoms with Gasteiger partial charge in [-0.25, -0.2) is 4.90 Å². The number of aryl methyl sites for hydroxylation is 2. The minimum atomic E-state index is -0.324. The Bertz CT molecular complexity index is 1010. The Kier molecular flexibility index (Phi) is 5.11. The van der Waals surface area contributed by atoms with E-state index in [-0.39, 0.29) is 11.8 Å². The number of rotatable bonds is 4. The standard InChI is InChI=1S/C23H24N2O4/c1-15-8-9-16(2)18(14-15)25-22(26)20(17-6-4-5-7-19(17)28-3)21(23(25)27)24-10-12-29-13-11-24/h4-9,14H,10-13H2,1-3H3. The lowest BCUT2D eigenvalue weighted by atomic mass is 10.0. The minimum absolute atomic E-state index is 0.300. The monoisotopic (exact) mass is 392 g/mol. The number of nitrogens with zero attached hydrogens (tertiary/aromatic N) is 2. The van der Waals surface area contributed by atoms with Gasteiger partial charge in [0.15, 0.2) is 0 Å². The second-order valence-electron chi connectivity index (χ2n) is 7.26. The molecule has 1 saturated heterocycles. The van der Waals surface area contributed by atoms with E-state index in [1.54, 1.807) is 13.2 Å². The average Bonchev–Trinajstić information content (AvgIpc) is 3.00. The summed E-state index contributed by atoms with van der Waals surface area (Å²) in [6.45, 7) is 6.03. The molecule has 6 nitrogen and oxygen atoms in total. The lowest BCUT2D eigenvalue weighted by Crippen LogP contribution is -2.40. The normalized spacial score (nSPS) is 17.3. The summed E-state index contributed by atoms with van der Waals surface area (Å²) in [4.78, 5) is 30.5. The molecule has 0 unspecified atom stereocenters. The summed E-state index contributed by atoms with van der Waals surface area (Å²) < 4.78 is 11.0. The molecule has 0 aromatic heterocycles. The molecule has 0 atom stereocenters. The first-order chi connectivity index (χ1) is 14.0. The minimum Gasteiger partial charge on any atom is -0.496 e. The average molecular weight is 392 g/mol. The van der Waals surface area contributed by atoms with Crippen LogP contribution in [-0.2, 0) is 14.3 Å². The predicted octanol–water partition coefficient (Wildman–Crippen LogP) is 2.93. The molecule has 150 valence electrons. The largest absolute Gasteiger partial charge is 0.496 e. The van der Waals surface area contributed by atoms with Gasteiger partial charge in [0.25, 0.3) is 11.8 Å². The van der Waals surface area contributed by atoms with Gasteiger partial charge in [0, 0.05) is 18.7 Å². The molecule has 0 aliphatic carbocycles. The molecule has 2 aliphatic heterocycles. The Hall–Kier alpha value is -3.12. The number of benzene rings is 2. The van der Waals surface area contributed by atoms with Crippen LogP contribution in [-0.4, -0.2) is 50.1 Å². The highest BCUT2D eigenvalue weighted by atomic mass is 16.5. The molecule has 0 spiro atoms. The number of hydrogen-bond acceptors (Lipinski definition) is 5. The van der Waals surface area contributed by atoms with Crippen LogP contribution in [0.5, 0.6) is 5.75 Å². The molecule has 0 saturated carbocycles. The molecule has 2 amide bonds. The smallest absolute Gasteiger partial charge is 0.282 e. The van der Waals surface area contributed by atoms with E-state index in [1.807, 2.05) is 55.1 Å². The molecule has 0 N–H and O–H groups in total. The zero-order valence-corrected chi connectivity index (χ0v) is 16.9. The summed E-state index contributed by atoms with van der Waals surface area (Å²) in [6.07, 6.45) is 0. The number of hydrogen-bond donors (Lipinski definition) is 0. The van der Waals surface area contributed by atoms with Gasteiger partial charge >= 0.3 is 0 Å². The van der Waals surface area contributed by atoms with E-state index in [4.69, 9.17) is 9.47 Å². The van der Waals surface area contributed by atoms with Gasteiger partial charge in [-0.2, -0.15) is 0 Å². The number of anilines is 1. The van der Waals surface area contributed by atoms with E-state index in [1.165, 1.54) is 4.90 Å². The zero-order valence-electron chi connectivity index (χ0n) is 16.9. The van der Waals surface area contributed by atoms with Gasteiger partial charge in [-0.05, 0) is 37.1 Å². The van der Waals surface area contributed by atoms with Crippen molar-refractivity contribution in [3.8, 4) is 5.75 Å². The third kappa shape index (κ3) is 3.29. The number of carbonyl (C=O) groups is 2. The van der Waals surface area contributed by atoms with Gasteiger partial charge in [-0.15, -0.1) is 0 Å². The molecule has 0 bridgehead atoms. The summed E-state index contributed by atoms with van der Waals surface area (Å²) >= 11 is 0. The number of amides is 2. The molecule has 2 aromatic rings. The summed E-state index contributed by atoms with van der Waals surface area (Å²) in [5.74, 6) is -0.0570. The van der Waals surface area contributed by atoms with Crippen molar-refractivity contribution < 1.29 is 19.1 Å². The van der Waals surface area contributed by atoms with E-state index in [0.29, 0.717) is 54.6 Å². The molecule has 2 aliphatic rings. The van der Waals surface area contributed by atoms with Gasteiger partial charge in [-0.1, -0.05) is 30.3 Å². The maximum Gasteiger partial charge on any atom is 0.282 e. The van der Waals surface area contributed by atoms with E-state index < -0.39 is 0 Å². The number of morpholine rings is 1. The molecule has 6 heteroatoms. The number of carbonyl (C=O) groups excluding carboxylic acids is 2. The SMILES string of the molecule is COc1ccccc1C1=C(N2CCOCC2)C(=O)N(c2cc(C)ccc2C)C1=O. The molecule has 29 heavy (non-hydrogen) atoms. The van der Waals surface area contributed by atoms with Gasteiger partial charge in [0.1, 0.15) is 11.4 Å². The fraction of sp³-hybridized carbons (Fsp3) is 0.304. The number of ether oxygens (including phenoxy) is 2. The lowest BCUT2D eigenvalue weighted by molar-refractivity contribution is -0.121. The van der Waals surface area contributed by atoms with Gasteiger partial charge in [0.2, 0.25) is 0 Å². The fourth-order valence-electron chi connectivity index (χ4n) is 3.87. The molecule has 0 radical (unpaired) electrons. The Balaban J connectivity index is 1.89. The topological polar surface area (TPSA) is 59.1 Å². The van der Waals surface area contributed by atoms with Gasteiger partial charge < -0.3 is 14.4 Å². The number of methoxy groups -OCH3 is 1. The van der Waals surface area contributed by atoms with Crippen LogP contribution in [0.4, 0.5) is 5.69 Å². The lowest BCUT2D eigenvalue weighted by Gasteiger charge is -2.30. The highest BCUT2D eigenvalue weighted by Gasteiger charge is 2.44. The fourth-order valence-corrected chi connectivity index (χ4v) is 3.87. The Morgan fingerprint density at radius 3 is 2.41 bits per heavy atom. The quantitative estimate of drug-likeness (QED) is 0.749. The van der Waals surface area contributed by atoms with Crippen LogP contribution in [0.15, 0.2) is 48.2 Å².